The van der Waals surface area contributed by atoms with E-state index in [1.165, 1.54) is 93.0 Å². The molecule has 1 heterocycles. The van der Waals surface area contributed by atoms with Crippen LogP contribution in [0.5, 0.6) is 0 Å². The Morgan fingerprint density at radius 3 is 0.671 bits per heavy atom. The third-order valence-electron chi connectivity index (χ3n) is 17.9. The van der Waals surface area contributed by atoms with Gasteiger partial charge in [-0.25, -0.2) is 33.6 Å². The van der Waals surface area contributed by atoms with Crippen molar-refractivity contribution in [1.29, 1.82) is 0 Å². The number of rotatable bonds is 28. The van der Waals surface area contributed by atoms with E-state index in [-0.39, 0.29) is 77.9 Å². The molecule has 838 valence electrons. The monoisotopic (exact) mass is 2030 g/mol. The molecule has 2 aliphatic rings. The van der Waals surface area contributed by atoms with Crippen molar-refractivity contribution in [3.8, 4) is 0 Å². The highest BCUT2D eigenvalue weighted by Gasteiger charge is 2.38. The molecule has 140 heavy (non-hydrogen) atoms. The van der Waals surface area contributed by atoms with Gasteiger partial charge < -0.3 is 111 Å². The number of urea groups is 1. The second-order valence-electron chi connectivity index (χ2n) is 29.6. The summed E-state index contributed by atoms with van der Waals surface area (Å²) in [6.07, 6.45) is 15.1. The van der Waals surface area contributed by atoms with Crippen LogP contribution in [0, 0.1) is 10.8 Å². The van der Waals surface area contributed by atoms with Crippen LogP contribution in [0.25, 0.3) is 0 Å². The third kappa shape index (κ3) is 138. The lowest BCUT2D eigenvalue weighted by atomic mass is 10.0. The fourth-order valence-corrected chi connectivity index (χ4v) is 7.00. The largest absolute Gasteiger partial charge is 0.508 e. The SMILES string of the molecule is CCC(=O)N(C)C.CCC(=O)N(C)C.CCC(=O)N(C)CC.CCC(=O)N(C)CC.CCC(=O)OC.CCC(=O)OC.CCC1(C)CC1.CCC1(CC)CC1.CCN(C)C(=O)N(C)C.CCN(C)C(=O)OC.CCOC(=O)CC.CCOC(=O)CC.CCOC(=O)N(C)C.CCOC(=O)N(C)CC.CCOC(=O)N(C)CC.CCOC(=O)OC.CCOC(=O)OCC.CCOCC.CCc1cn(C)nn1. The number of hydrogen-bond acceptors (Lipinski definition) is 30. The Kier molecular flexibility index (Phi) is 146. The molecule has 0 N–H and O–H groups in total. The van der Waals surface area contributed by atoms with E-state index in [1.807, 2.05) is 110 Å². The Morgan fingerprint density at radius 1 is 0.293 bits per heavy atom. The molecule has 0 aromatic carbocycles. The topological polar surface area (TPSA) is 439 Å². The van der Waals surface area contributed by atoms with Crippen LogP contribution in [0.15, 0.2) is 6.20 Å². The summed E-state index contributed by atoms with van der Waals surface area (Å²) in [6, 6.07) is 0.0532. The maximum Gasteiger partial charge on any atom is 0.508 e. The standard InChI is InChI=1S/C7H14.C6H14N2O.2C6H13NO2.2C6H13NO.C6H12.C5H9N3.2C5H11NO2.2C5H11NO.C5H10O3.2C5H10O2.C4H8O3.2C4H8O2.C4H10O/c1-3-7(4-2)5-6-7;1-5-8(4)6(9)7(2)3;2*1-4-7(3)6(8)9-5-2;2*1-4-6(8)7(3)5-2;1-3-6(2)4-5-6;1-3-5-4-8(2)7-6-5;1-4-6(2)5(7)8-3;1-4-8-5(7)6(2)3;2*1-4-5(7)6(2)3;1-3-7-5(6)8-4-2;2*1-3-5(6)7-4-2;1-3-7-4(5)6-2;2*1-3-4(5)6-2;1-3-5-4-2/h3-6H2,1-2H3;5H2,1-4H3;2*4-5H2,1-3H3;2*4-5H2,1-3H3;3-5H2,1-2H3;4H,3H2,1-2H3;2*4H2,1-3H3;2*4H2,1-3H3;3-4H2,1-2H3;2*3-4H2,1-2H3;3H2,1-2H3;2*3H2,1-2H3;3-4H2,1-2H3. The van der Waals surface area contributed by atoms with Crippen molar-refractivity contribution in [2.24, 2.45) is 17.9 Å². The van der Waals surface area contributed by atoms with E-state index >= 15 is 0 Å². The minimum absolute atomic E-state index is 0.0532. The summed E-state index contributed by atoms with van der Waals surface area (Å²) in [6.45, 7) is 65.1. The van der Waals surface area contributed by atoms with Gasteiger partial charge in [-0.15, -0.1) is 5.10 Å². The second kappa shape index (κ2) is 123. The molecule has 2 fully saturated rings. The first-order chi connectivity index (χ1) is 65.4. The number of hydrogen-bond donors (Lipinski definition) is 0. The molecule has 2 aliphatic carbocycles. The number of carbonyl (C=O) groups excluding carboxylic acids is 15. The van der Waals surface area contributed by atoms with Crippen molar-refractivity contribution in [2.75, 3.05) is 232 Å². The molecule has 3 rings (SSSR count). The van der Waals surface area contributed by atoms with Crippen LogP contribution in [-0.2, 0) is 113 Å². The minimum atomic E-state index is -0.623. The molecule has 0 spiro atoms. The Labute approximate surface area is 849 Å². The first-order valence-electron chi connectivity index (χ1n) is 49.0. The summed E-state index contributed by atoms with van der Waals surface area (Å²) in [7, 11) is 31.6. The molecule has 10 amide bonds. The zero-order valence-corrected chi connectivity index (χ0v) is 97.4. The molecule has 0 radical (unpaired) electrons. The Bertz CT molecular complexity index is 2870. The third-order valence-corrected chi connectivity index (χ3v) is 17.9. The van der Waals surface area contributed by atoms with E-state index < -0.39 is 12.3 Å². The summed E-state index contributed by atoms with van der Waals surface area (Å²) in [5.74, 6) is 0.231. The van der Waals surface area contributed by atoms with E-state index in [4.69, 9.17) is 4.74 Å². The molecule has 0 unspecified atom stereocenters. The fraction of sp³-hybridized carbons (Fsp3) is 0.828. The Hall–Kier alpha value is -10.2. The maximum atomic E-state index is 10.9. The molecule has 0 bridgehead atoms. The van der Waals surface area contributed by atoms with Crippen molar-refractivity contribution < 1.29 is 133 Å². The number of aromatic nitrogens is 3. The molecule has 0 aliphatic heterocycles. The Morgan fingerprint density at radius 2 is 0.579 bits per heavy atom. The number of aryl methyl sites for hydroxylation is 2. The fourth-order valence-electron chi connectivity index (χ4n) is 7.00. The highest BCUT2D eigenvalue weighted by atomic mass is 16.7. The summed E-state index contributed by atoms with van der Waals surface area (Å²) in [5.41, 5.74) is 2.67. The molecule has 41 heteroatoms. The Balaban J connectivity index is -0.0000000829. The van der Waals surface area contributed by atoms with Gasteiger partial charge in [-0.1, -0.05) is 114 Å². The van der Waals surface area contributed by atoms with E-state index in [0.717, 1.165) is 55.8 Å². The van der Waals surface area contributed by atoms with Crippen molar-refractivity contribution in [1.82, 2.24) is 64.0 Å². The van der Waals surface area contributed by atoms with Gasteiger partial charge in [0.1, 0.15) is 0 Å². The quantitative estimate of drug-likeness (QED) is 0.0555. The van der Waals surface area contributed by atoms with Gasteiger partial charge in [0.2, 0.25) is 23.6 Å². The van der Waals surface area contributed by atoms with Crippen LogP contribution in [-0.4, -0.2) is 387 Å². The first-order valence-corrected chi connectivity index (χ1v) is 49.0. The van der Waals surface area contributed by atoms with Crippen molar-refractivity contribution in [3.63, 3.8) is 0 Å². The van der Waals surface area contributed by atoms with E-state index in [2.05, 4.69) is 102 Å². The molecular formula is C99H209N13O28. The molecule has 1 aromatic rings. The van der Waals surface area contributed by atoms with E-state index in [1.54, 1.807) is 202 Å². The van der Waals surface area contributed by atoms with Gasteiger partial charge in [0, 0.05) is 216 Å². The lowest BCUT2D eigenvalue weighted by Gasteiger charge is -2.19. The molecule has 0 saturated heterocycles. The zero-order valence-electron chi connectivity index (χ0n) is 97.4. The minimum Gasteiger partial charge on any atom is -0.469 e. The number of ether oxygens (including phenoxy) is 13. The summed E-state index contributed by atoms with van der Waals surface area (Å²) in [5, 5.41) is 7.60. The maximum absolute atomic E-state index is 10.9. The van der Waals surface area contributed by atoms with Crippen molar-refractivity contribution >= 4 is 90.2 Å². The second-order valence-corrected chi connectivity index (χ2v) is 29.6. The normalized spacial score (nSPS) is 10.1. The molecule has 41 nitrogen and oxygen atoms in total. The highest BCUT2D eigenvalue weighted by Crippen LogP contribution is 2.51. The molecule has 1 aromatic heterocycles. The van der Waals surface area contributed by atoms with Crippen LogP contribution in [0.4, 0.5) is 33.6 Å². The van der Waals surface area contributed by atoms with Crippen LogP contribution in [0.2, 0.25) is 0 Å². The van der Waals surface area contributed by atoms with Crippen LogP contribution >= 0.6 is 0 Å². The van der Waals surface area contributed by atoms with Crippen molar-refractivity contribution in [3.05, 3.63) is 11.9 Å². The number of amides is 10. The predicted molar refractivity (Wildman–Crippen MR) is 558 cm³/mol. The van der Waals surface area contributed by atoms with Gasteiger partial charge in [-0.05, 0) is 154 Å². The zero-order chi connectivity index (χ0) is 114. The number of carbonyl (C=O) groups is 15. The summed E-state index contributed by atoms with van der Waals surface area (Å²) in [4.78, 5) is 172. The summed E-state index contributed by atoms with van der Waals surface area (Å²) < 4.78 is 59.8. The lowest BCUT2D eigenvalue weighted by molar-refractivity contribution is -0.143. The number of esters is 4. The molecule has 2 saturated carbocycles. The van der Waals surface area contributed by atoms with Gasteiger partial charge in [0.15, 0.2) is 0 Å². The van der Waals surface area contributed by atoms with E-state index in [0.29, 0.717) is 124 Å². The highest BCUT2D eigenvalue weighted by molar-refractivity contribution is 5.77. The smallest absolute Gasteiger partial charge is 0.469 e. The van der Waals surface area contributed by atoms with Crippen LogP contribution in [0.1, 0.15) is 303 Å². The van der Waals surface area contributed by atoms with E-state index in [9.17, 15) is 71.9 Å². The number of nitrogens with zero attached hydrogens (tertiary/aromatic N) is 13. The number of methoxy groups -OCH3 is 4. The van der Waals surface area contributed by atoms with Gasteiger partial charge in [0.05, 0.1) is 87.0 Å². The first kappa shape index (κ1) is 166. The van der Waals surface area contributed by atoms with Crippen LogP contribution in [0.3, 0.4) is 0 Å². The summed E-state index contributed by atoms with van der Waals surface area (Å²) >= 11 is 0. The molecular weight excluding hydrogens is 1820 g/mol. The van der Waals surface area contributed by atoms with Gasteiger partial charge in [0.25, 0.3) is 0 Å². The average Bonchev–Trinajstić information content (AvgIpc) is 1.69. The van der Waals surface area contributed by atoms with Gasteiger partial charge in [-0.3, -0.25) is 43.0 Å². The van der Waals surface area contributed by atoms with Gasteiger partial charge in [-0.2, -0.15) is 0 Å². The van der Waals surface area contributed by atoms with Gasteiger partial charge >= 0.3 is 66.6 Å². The lowest BCUT2D eigenvalue weighted by Crippen LogP contribution is -2.35. The average molecular weight is 2030 g/mol. The van der Waals surface area contributed by atoms with Crippen molar-refractivity contribution in [2.45, 2.75) is 304 Å². The predicted octanol–water partition coefficient (Wildman–Crippen LogP) is 18.2. The van der Waals surface area contributed by atoms with Crippen LogP contribution < -0.4 is 0 Å². The molecule has 0 atom stereocenters.